The van der Waals surface area contributed by atoms with E-state index in [1.54, 1.807) is 21.0 Å². The van der Waals surface area contributed by atoms with Crippen LogP contribution in [-0.4, -0.2) is 56.3 Å². The molecule has 2 aromatic rings. The molecule has 4 aliphatic carbocycles. The molecule has 6 rings (SSSR count). The summed E-state index contributed by atoms with van der Waals surface area (Å²) in [7, 11) is 3.41. The van der Waals surface area contributed by atoms with E-state index in [1.807, 2.05) is 0 Å². The zero-order valence-corrected chi connectivity index (χ0v) is 22.1. The van der Waals surface area contributed by atoms with Gasteiger partial charge in [-0.1, -0.05) is 23.1 Å². The minimum atomic E-state index is -0.157. The van der Waals surface area contributed by atoms with Crippen LogP contribution >= 0.6 is 23.1 Å². The molecule has 0 spiro atoms. The Morgan fingerprint density at radius 3 is 2.38 bits per heavy atom. The van der Waals surface area contributed by atoms with Gasteiger partial charge in [0.05, 0.1) is 11.4 Å². The number of anilines is 1. The molecule has 2 aromatic heterocycles. The van der Waals surface area contributed by atoms with E-state index in [4.69, 9.17) is 0 Å². The first-order chi connectivity index (χ1) is 16.2. The molecule has 0 aromatic carbocycles. The summed E-state index contributed by atoms with van der Waals surface area (Å²) in [6.45, 7) is 4.71. The van der Waals surface area contributed by atoms with E-state index >= 15 is 0 Å². The van der Waals surface area contributed by atoms with Crippen molar-refractivity contribution >= 4 is 40.0 Å². The topological polar surface area (TPSA) is 93.0 Å². The van der Waals surface area contributed by atoms with E-state index in [1.165, 1.54) is 66.5 Å². The fourth-order valence-electron chi connectivity index (χ4n) is 6.85. The summed E-state index contributed by atoms with van der Waals surface area (Å²) in [5.41, 5.74) is 1.05. The second-order valence-electron chi connectivity index (χ2n) is 10.7. The van der Waals surface area contributed by atoms with Crippen LogP contribution in [0.25, 0.3) is 0 Å². The van der Waals surface area contributed by atoms with Gasteiger partial charge >= 0.3 is 0 Å². The van der Waals surface area contributed by atoms with Gasteiger partial charge in [0.2, 0.25) is 5.91 Å². The Labute approximate surface area is 209 Å². The number of nitrogens with zero attached hydrogens (tertiary/aromatic N) is 5. The average Bonchev–Trinajstić information content (AvgIpc) is 3.32. The number of hydrogen-bond donors (Lipinski definition) is 1. The molecule has 2 amide bonds. The number of aryl methyl sites for hydroxylation is 1. The van der Waals surface area contributed by atoms with Crippen molar-refractivity contribution in [2.45, 2.75) is 70.5 Å². The highest BCUT2D eigenvalue weighted by atomic mass is 32.2. The lowest BCUT2D eigenvalue weighted by Gasteiger charge is -2.56. The number of aromatic nitrogens is 4. The first kappa shape index (κ1) is 23.8. The molecule has 4 aliphatic rings. The minimum absolute atomic E-state index is 0.104. The predicted molar refractivity (Wildman–Crippen MR) is 134 cm³/mol. The van der Waals surface area contributed by atoms with Crippen LogP contribution in [0.5, 0.6) is 0 Å². The van der Waals surface area contributed by atoms with Crippen LogP contribution in [0.2, 0.25) is 0 Å². The zero-order valence-electron chi connectivity index (χ0n) is 20.5. The van der Waals surface area contributed by atoms with E-state index in [0.717, 1.165) is 41.7 Å². The van der Waals surface area contributed by atoms with E-state index in [2.05, 4.69) is 32.0 Å². The summed E-state index contributed by atoms with van der Waals surface area (Å²) < 4.78 is 2.19. The van der Waals surface area contributed by atoms with Crippen molar-refractivity contribution in [1.82, 2.24) is 24.6 Å². The molecule has 8 nitrogen and oxygen atoms in total. The molecular formula is C24H34N6O2S2. The largest absolute Gasteiger partial charge is 0.344 e. The third-order valence-electron chi connectivity index (χ3n) is 7.78. The molecule has 1 N–H and O–H groups in total. The van der Waals surface area contributed by atoms with Gasteiger partial charge < -0.3 is 14.8 Å². The van der Waals surface area contributed by atoms with Crippen molar-refractivity contribution in [2.75, 3.05) is 25.2 Å². The number of carbonyl (C=O) groups is 2. The quantitative estimate of drug-likeness (QED) is 0.543. The molecule has 0 saturated heterocycles. The molecule has 2 heterocycles. The lowest BCUT2D eigenvalue weighted by Crippen LogP contribution is -2.47. The van der Waals surface area contributed by atoms with Gasteiger partial charge in [-0.15, -0.1) is 10.2 Å². The van der Waals surface area contributed by atoms with E-state index < -0.39 is 0 Å². The molecule has 34 heavy (non-hydrogen) atoms. The van der Waals surface area contributed by atoms with E-state index in [-0.39, 0.29) is 17.6 Å². The van der Waals surface area contributed by atoms with E-state index in [9.17, 15) is 9.59 Å². The van der Waals surface area contributed by atoms with Crippen molar-refractivity contribution in [3.63, 3.8) is 0 Å². The SMILES string of the molecule is CCn1c(CC23CC4CC(CC(C4)C2)C3)nnc1SCC(=O)Nc1nc(C)c(C(=O)N(C)C)s1. The number of thioether (sulfide) groups is 1. The van der Waals surface area contributed by atoms with Crippen molar-refractivity contribution in [2.24, 2.45) is 23.2 Å². The summed E-state index contributed by atoms with van der Waals surface area (Å²) >= 11 is 2.63. The average molecular weight is 503 g/mol. The maximum Gasteiger partial charge on any atom is 0.265 e. The third kappa shape index (κ3) is 4.63. The van der Waals surface area contributed by atoms with Crippen LogP contribution in [-0.2, 0) is 17.8 Å². The molecular weight excluding hydrogens is 468 g/mol. The number of rotatable bonds is 8. The normalized spacial score (nSPS) is 27.2. The molecule has 0 aliphatic heterocycles. The first-order valence-electron chi connectivity index (χ1n) is 12.3. The molecule has 184 valence electrons. The van der Waals surface area contributed by atoms with Crippen LogP contribution in [0.15, 0.2) is 5.16 Å². The Morgan fingerprint density at radius 1 is 1.15 bits per heavy atom. The predicted octanol–water partition coefficient (Wildman–Crippen LogP) is 4.25. The smallest absolute Gasteiger partial charge is 0.265 e. The summed E-state index contributed by atoms with van der Waals surface area (Å²) in [4.78, 5) is 31.2. The second kappa shape index (κ2) is 9.26. The molecule has 4 fully saturated rings. The van der Waals surface area contributed by atoms with Gasteiger partial charge in [0.25, 0.3) is 5.91 Å². The number of thiazole rings is 1. The molecule has 4 bridgehead atoms. The van der Waals surface area contributed by atoms with E-state index in [0.29, 0.717) is 21.1 Å². The number of amides is 2. The Balaban J connectivity index is 1.21. The number of nitrogens with one attached hydrogen (secondary N) is 1. The van der Waals surface area contributed by atoms with Gasteiger partial charge in [0, 0.05) is 27.1 Å². The van der Waals surface area contributed by atoms with Gasteiger partial charge in [-0.05, 0) is 75.5 Å². The fraction of sp³-hybridized carbons (Fsp3) is 0.708. The lowest BCUT2D eigenvalue weighted by atomic mass is 9.49. The molecule has 0 atom stereocenters. The number of hydrogen-bond acceptors (Lipinski definition) is 7. The van der Waals surface area contributed by atoms with Crippen LogP contribution < -0.4 is 5.32 Å². The third-order valence-corrected chi connectivity index (χ3v) is 9.81. The Morgan fingerprint density at radius 2 is 1.79 bits per heavy atom. The minimum Gasteiger partial charge on any atom is -0.344 e. The Bertz CT molecular complexity index is 1060. The maximum absolute atomic E-state index is 12.6. The van der Waals surface area contributed by atoms with Gasteiger partial charge in [0.15, 0.2) is 10.3 Å². The standard InChI is InChI=1S/C24H34N6O2S2/c1-5-30-18(12-24-9-15-6-16(10-24)8-17(7-15)11-24)27-28-23(30)33-13-19(31)26-22-25-14(2)20(34-22)21(32)29(3)4/h15-17H,5-13H2,1-4H3,(H,25,26,31). The van der Waals surface area contributed by atoms with Crippen LogP contribution in [0.3, 0.4) is 0 Å². The summed E-state index contributed by atoms with van der Waals surface area (Å²) in [6, 6.07) is 0. The monoisotopic (exact) mass is 502 g/mol. The van der Waals surface area contributed by atoms with Gasteiger partial charge in [-0.3, -0.25) is 9.59 Å². The summed E-state index contributed by atoms with van der Waals surface area (Å²) in [6.07, 6.45) is 9.41. The number of carbonyl (C=O) groups excluding carboxylic acids is 2. The fourth-order valence-corrected chi connectivity index (χ4v) is 8.68. The van der Waals surface area contributed by atoms with Gasteiger partial charge in [-0.25, -0.2) is 4.98 Å². The first-order valence-corrected chi connectivity index (χ1v) is 14.1. The van der Waals surface area contributed by atoms with Crippen LogP contribution in [0.1, 0.15) is 66.6 Å². The lowest BCUT2D eigenvalue weighted by molar-refractivity contribution is -0.113. The zero-order chi connectivity index (χ0) is 24.0. The van der Waals surface area contributed by atoms with Gasteiger partial charge in [0.1, 0.15) is 10.7 Å². The summed E-state index contributed by atoms with van der Waals surface area (Å²) in [5.74, 6) is 3.81. The van der Waals surface area contributed by atoms with Crippen molar-refractivity contribution in [1.29, 1.82) is 0 Å². The highest BCUT2D eigenvalue weighted by Gasteiger charge is 2.51. The van der Waals surface area contributed by atoms with Crippen molar-refractivity contribution < 1.29 is 9.59 Å². The molecule has 10 heteroatoms. The Kier molecular flexibility index (Phi) is 6.48. The second-order valence-corrected chi connectivity index (χ2v) is 12.6. The highest BCUT2D eigenvalue weighted by molar-refractivity contribution is 7.99. The maximum atomic E-state index is 12.6. The Hall–Kier alpha value is -1.94. The van der Waals surface area contributed by atoms with Crippen molar-refractivity contribution in [3.05, 3.63) is 16.4 Å². The van der Waals surface area contributed by atoms with Crippen molar-refractivity contribution in [3.8, 4) is 0 Å². The van der Waals surface area contributed by atoms with Gasteiger partial charge in [-0.2, -0.15) is 0 Å². The summed E-state index contributed by atoms with van der Waals surface area (Å²) in [5, 5.41) is 13.1. The highest BCUT2D eigenvalue weighted by Crippen LogP contribution is 2.61. The molecule has 0 unspecified atom stereocenters. The van der Waals surface area contributed by atoms with Crippen LogP contribution in [0, 0.1) is 30.1 Å². The molecule has 4 saturated carbocycles. The van der Waals surface area contributed by atoms with Crippen LogP contribution in [0.4, 0.5) is 5.13 Å². The molecule has 0 radical (unpaired) electrons.